The number of likely N-dealkylation sites (tertiary alicyclic amines) is 1. The van der Waals surface area contributed by atoms with Crippen LogP contribution in [0.3, 0.4) is 0 Å². The van der Waals surface area contributed by atoms with Gasteiger partial charge in [0.2, 0.25) is 5.91 Å². The molecule has 3 heterocycles. The molecular weight excluding hydrogens is 314 g/mol. The molecule has 0 aliphatic carbocycles. The molecule has 2 aromatic heterocycles. The topological polar surface area (TPSA) is 66.8 Å². The van der Waals surface area contributed by atoms with Crippen molar-refractivity contribution < 1.29 is 4.79 Å². The summed E-state index contributed by atoms with van der Waals surface area (Å²) in [5.41, 5.74) is 3.14. The second-order valence-electron chi connectivity index (χ2n) is 6.83. The number of hydrogen-bond donors (Lipinski definition) is 1. The zero-order valence-electron chi connectivity index (χ0n) is 14.5. The number of imidazole rings is 1. The lowest BCUT2D eigenvalue weighted by Crippen LogP contribution is -2.41. The van der Waals surface area contributed by atoms with Crippen LogP contribution in [0.15, 0.2) is 36.7 Å². The highest BCUT2D eigenvalue weighted by atomic mass is 16.2. The van der Waals surface area contributed by atoms with Gasteiger partial charge >= 0.3 is 0 Å². The molecule has 1 aliphatic heterocycles. The summed E-state index contributed by atoms with van der Waals surface area (Å²) >= 11 is 0. The molecule has 0 spiro atoms. The van der Waals surface area contributed by atoms with Crippen molar-refractivity contribution in [1.29, 1.82) is 0 Å². The van der Waals surface area contributed by atoms with Crippen LogP contribution >= 0.6 is 0 Å². The number of nitrogens with one attached hydrogen (secondary N) is 1. The SMILES string of the molecule is Cc1cnn([C@H]2CCCN(C(=O)CCc3nc4ccccc4[nH]3)C2)c1. The van der Waals surface area contributed by atoms with Crippen LogP contribution < -0.4 is 0 Å². The predicted octanol–water partition coefficient (Wildman–Crippen LogP) is 2.86. The smallest absolute Gasteiger partial charge is 0.223 e. The van der Waals surface area contributed by atoms with Gasteiger partial charge < -0.3 is 9.88 Å². The molecule has 25 heavy (non-hydrogen) atoms. The van der Waals surface area contributed by atoms with Crippen LogP contribution in [0.5, 0.6) is 0 Å². The van der Waals surface area contributed by atoms with Gasteiger partial charge in [-0.05, 0) is 37.5 Å². The zero-order chi connectivity index (χ0) is 17.2. The molecule has 1 aromatic carbocycles. The highest BCUT2D eigenvalue weighted by Crippen LogP contribution is 2.22. The van der Waals surface area contributed by atoms with Crippen molar-refractivity contribution in [2.45, 2.75) is 38.6 Å². The maximum Gasteiger partial charge on any atom is 0.223 e. The molecular formula is C19H23N5O. The monoisotopic (exact) mass is 337 g/mol. The Morgan fingerprint density at radius 1 is 1.36 bits per heavy atom. The number of H-pyrrole nitrogens is 1. The van der Waals surface area contributed by atoms with Gasteiger partial charge in [-0.1, -0.05) is 12.1 Å². The first-order chi connectivity index (χ1) is 12.2. The van der Waals surface area contributed by atoms with E-state index in [0.717, 1.165) is 48.4 Å². The highest BCUT2D eigenvalue weighted by Gasteiger charge is 2.25. The van der Waals surface area contributed by atoms with Crippen molar-refractivity contribution in [3.05, 3.63) is 48.0 Å². The number of carbonyl (C=O) groups is 1. The number of aromatic nitrogens is 4. The first-order valence-electron chi connectivity index (χ1n) is 8.91. The molecule has 0 bridgehead atoms. The Kier molecular flexibility index (Phi) is 4.26. The molecule has 1 aliphatic rings. The molecule has 6 heteroatoms. The standard InChI is InChI=1S/C19H23N5O/c1-14-11-20-24(12-14)15-5-4-10-23(13-15)19(25)9-8-18-21-16-6-2-3-7-17(16)22-18/h2-3,6-7,11-12,15H,4-5,8-10,13H2,1H3,(H,21,22)/t15-/m0/s1. The van der Waals surface area contributed by atoms with Gasteiger partial charge in [-0.15, -0.1) is 0 Å². The Labute approximate surface area is 146 Å². The summed E-state index contributed by atoms with van der Waals surface area (Å²) in [7, 11) is 0. The van der Waals surface area contributed by atoms with Gasteiger partial charge in [-0.25, -0.2) is 4.98 Å². The number of fused-ring (bicyclic) bond motifs is 1. The highest BCUT2D eigenvalue weighted by molar-refractivity contribution is 5.77. The molecule has 1 fully saturated rings. The number of benzene rings is 1. The minimum atomic E-state index is 0.203. The fourth-order valence-electron chi connectivity index (χ4n) is 3.54. The van der Waals surface area contributed by atoms with Gasteiger partial charge in [0.15, 0.2) is 0 Å². The summed E-state index contributed by atoms with van der Waals surface area (Å²) in [6.45, 7) is 3.64. The first kappa shape index (κ1) is 15.9. The third-order valence-electron chi connectivity index (χ3n) is 4.87. The van der Waals surface area contributed by atoms with Crippen LogP contribution in [0.2, 0.25) is 0 Å². The second kappa shape index (κ2) is 6.70. The Balaban J connectivity index is 1.37. The molecule has 0 unspecified atom stereocenters. The minimum absolute atomic E-state index is 0.203. The van der Waals surface area contributed by atoms with E-state index in [1.807, 2.05) is 47.0 Å². The van der Waals surface area contributed by atoms with Crippen molar-refractivity contribution in [1.82, 2.24) is 24.6 Å². The Hall–Kier alpha value is -2.63. The van der Waals surface area contributed by atoms with Gasteiger partial charge in [-0.2, -0.15) is 5.10 Å². The zero-order valence-corrected chi connectivity index (χ0v) is 14.5. The van der Waals surface area contributed by atoms with E-state index in [1.165, 1.54) is 0 Å². The minimum Gasteiger partial charge on any atom is -0.342 e. The van der Waals surface area contributed by atoms with Crippen LogP contribution in [0.1, 0.15) is 36.7 Å². The molecule has 0 radical (unpaired) electrons. The van der Waals surface area contributed by atoms with Crippen molar-refractivity contribution in [3.63, 3.8) is 0 Å². The number of hydrogen-bond acceptors (Lipinski definition) is 3. The van der Waals surface area contributed by atoms with Crippen LogP contribution in [-0.4, -0.2) is 43.6 Å². The van der Waals surface area contributed by atoms with E-state index in [2.05, 4.69) is 21.3 Å². The number of nitrogens with zero attached hydrogens (tertiary/aromatic N) is 4. The number of carbonyl (C=O) groups excluding carboxylic acids is 1. The van der Waals surface area contributed by atoms with Crippen molar-refractivity contribution in [3.8, 4) is 0 Å². The predicted molar refractivity (Wildman–Crippen MR) is 96.2 cm³/mol. The summed E-state index contributed by atoms with van der Waals surface area (Å²) < 4.78 is 2.01. The van der Waals surface area contributed by atoms with Gasteiger partial charge in [-0.3, -0.25) is 9.48 Å². The fraction of sp³-hybridized carbons (Fsp3) is 0.421. The van der Waals surface area contributed by atoms with Crippen LogP contribution in [0.4, 0.5) is 0 Å². The fourth-order valence-corrected chi connectivity index (χ4v) is 3.54. The third-order valence-corrected chi connectivity index (χ3v) is 4.87. The number of aryl methyl sites for hydroxylation is 2. The number of piperidine rings is 1. The molecule has 1 atom stereocenters. The third kappa shape index (κ3) is 3.43. The number of amides is 1. The Morgan fingerprint density at radius 2 is 2.24 bits per heavy atom. The van der Waals surface area contributed by atoms with Crippen molar-refractivity contribution in [2.75, 3.05) is 13.1 Å². The van der Waals surface area contributed by atoms with Crippen LogP contribution in [0, 0.1) is 6.92 Å². The average Bonchev–Trinajstić information content (AvgIpc) is 3.25. The normalized spacial score (nSPS) is 18.0. The molecule has 6 nitrogen and oxygen atoms in total. The molecule has 0 saturated carbocycles. The maximum absolute atomic E-state index is 12.6. The number of rotatable bonds is 4. The quantitative estimate of drug-likeness (QED) is 0.796. The average molecular weight is 337 g/mol. The van der Waals surface area contributed by atoms with E-state index in [1.54, 1.807) is 0 Å². The molecule has 1 N–H and O–H groups in total. The van der Waals surface area contributed by atoms with Crippen LogP contribution in [0.25, 0.3) is 11.0 Å². The lowest BCUT2D eigenvalue weighted by atomic mass is 10.1. The molecule has 1 amide bonds. The van der Waals surface area contributed by atoms with Crippen molar-refractivity contribution >= 4 is 16.9 Å². The van der Waals surface area contributed by atoms with Gasteiger partial charge in [0, 0.05) is 32.1 Å². The number of aromatic amines is 1. The molecule has 130 valence electrons. The Morgan fingerprint density at radius 3 is 3.04 bits per heavy atom. The van der Waals surface area contributed by atoms with Gasteiger partial charge in [0.25, 0.3) is 0 Å². The second-order valence-corrected chi connectivity index (χ2v) is 6.83. The van der Waals surface area contributed by atoms with E-state index in [-0.39, 0.29) is 11.9 Å². The maximum atomic E-state index is 12.6. The van der Waals surface area contributed by atoms with Gasteiger partial charge in [0.05, 0.1) is 23.3 Å². The number of para-hydroxylation sites is 2. The van der Waals surface area contributed by atoms with E-state index in [0.29, 0.717) is 12.8 Å². The van der Waals surface area contributed by atoms with E-state index in [9.17, 15) is 4.79 Å². The van der Waals surface area contributed by atoms with Crippen molar-refractivity contribution in [2.24, 2.45) is 0 Å². The Bertz CT molecular complexity index is 848. The van der Waals surface area contributed by atoms with E-state index in [4.69, 9.17) is 0 Å². The molecule has 4 rings (SSSR count). The lowest BCUT2D eigenvalue weighted by molar-refractivity contribution is -0.132. The van der Waals surface area contributed by atoms with E-state index < -0.39 is 0 Å². The van der Waals surface area contributed by atoms with Gasteiger partial charge in [0.1, 0.15) is 5.82 Å². The summed E-state index contributed by atoms with van der Waals surface area (Å²) in [5.74, 6) is 1.08. The summed E-state index contributed by atoms with van der Waals surface area (Å²) in [6.07, 6.45) is 7.18. The first-order valence-corrected chi connectivity index (χ1v) is 8.91. The van der Waals surface area contributed by atoms with E-state index >= 15 is 0 Å². The molecule has 1 saturated heterocycles. The lowest BCUT2D eigenvalue weighted by Gasteiger charge is -2.33. The summed E-state index contributed by atoms with van der Waals surface area (Å²) in [4.78, 5) is 22.5. The molecule has 3 aromatic rings. The summed E-state index contributed by atoms with van der Waals surface area (Å²) in [5, 5.41) is 4.41. The largest absolute Gasteiger partial charge is 0.342 e. The summed E-state index contributed by atoms with van der Waals surface area (Å²) in [6, 6.07) is 8.24. The van der Waals surface area contributed by atoms with Crippen LogP contribution in [-0.2, 0) is 11.2 Å².